The molecule has 0 aliphatic heterocycles. The van der Waals surface area contributed by atoms with Crippen molar-refractivity contribution in [2.24, 2.45) is 5.10 Å². The number of Topliss-reactive ketones (excluding diaryl/α,β-unsaturated/α-hetero) is 1. The highest BCUT2D eigenvalue weighted by Crippen LogP contribution is 2.26. The average Bonchev–Trinajstić information content (AvgIpc) is 2.44. The zero-order chi connectivity index (χ0) is 14.4. The molecule has 0 aromatic heterocycles. The van der Waals surface area contributed by atoms with E-state index in [9.17, 15) is 4.79 Å². The van der Waals surface area contributed by atoms with Crippen LogP contribution in [0.15, 0.2) is 52.7 Å². The molecule has 1 fully saturated rings. The van der Waals surface area contributed by atoms with E-state index in [2.05, 4.69) is 5.10 Å². The maximum Gasteiger partial charge on any atom is 0.185 e. The van der Waals surface area contributed by atoms with E-state index in [1.807, 2.05) is 56.6 Å². The minimum atomic E-state index is 0.158. The molecule has 1 saturated carbocycles. The summed E-state index contributed by atoms with van der Waals surface area (Å²) in [5, 5.41) is 5.84. The third-order valence-electron chi connectivity index (χ3n) is 3.19. The van der Waals surface area contributed by atoms with Gasteiger partial charge in [0.25, 0.3) is 0 Å². The first-order valence-electron chi connectivity index (χ1n) is 6.87. The first-order valence-corrected chi connectivity index (χ1v) is 6.87. The Hall–Kier alpha value is -2.16. The largest absolute Gasteiger partial charge is 0.303 e. The molecular weight excluding hydrogens is 248 g/mol. The number of carbonyl (C=O) groups is 1. The van der Waals surface area contributed by atoms with Gasteiger partial charge < -0.3 is 5.01 Å². The molecule has 0 bridgehead atoms. The van der Waals surface area contributed by atoms with E-state index in [4.69, 9.17) is 0 Å². The Morgan fingerprint density at radius 1 is 1.10 bits per heavy atom. The molecule has 1 aromatic carbocycles. The van der Waals surface area contributed by atoms with E-state index in [1.54, 1.807) is 11.2 Å². The van der Waals surface area contributed by atoms with Gasteiger partial charge in [-0.15, -0.1) is 0 Å². The van der Waals surface area contributed by atoms with E-state index in [0.29, 0.717) is 0 Å². The number of hydrogen-bond donors (Lipinski definition) is 0. The van der Waals surface area contributed by atoms with Crippen LogP contribution in [-0.4, -0.2) is 31.1 Å². The molecule has 1 aromatic rings. The molecule has 0 spiro atoms. The van der Waals surface area contributed by atoms with Gasteiger partial charge >= 0.3 is 0 Å². The normalized spacial score (nSPS) is 20.0. The molecule has 0 atom stereocenters. The molecule has 0 N–H and O–H groups in total. The zero-order valence-corrected chi connectivity index (χ0v) is 12.0. The number of rotatable bonds is 3. The topological polar surface area (TPSA) is 32.7 Å². The Morgan fingerprint density at radius 3 is 2.50 bits per heavy atom. The van der Waals surface area contributed by atoms with Crippen molar-refractivity contribution in [3.63, 3.8) is 0 Å². The number of carbonyl (C=O) groups excluding carboxylic acids is 1. The van der Waals surface area contributed by atoms with Gasteiger partial charge in [-0.25, -0.2) is 0 Å². The van der Waals surface area contributed by atoms with E-state index in [1.165, 1.54) is 0 Å². The lowest BCUT2D eigenvalue weighted by Crippen LogP contribution is -2.12. The Morgan fingerprint density at radius 2 is 1.80 bits per heavy atom. The lowest BCUT2D eigenvalue weighted by Gasteiger charge is -2.16. The third-order valence-corrected chi connectivity index (χ3v) is 3.19. The van der Waals surface area contributed by atoms with Crippen molar-refractivity contribution in [2.75, 3.05) is 14.1 Å². The predicted molar refractivity (Wildman–Crippen MR) is 83.5 cm³/mol. The Labute approximate surface area is 120 Å². The SMILES string of the molecule is CN(C)/N=C/C=C1/CCC/C(=C/c2ccccc2)C1=O. The highest BCUT2D eigenvalue weighted by molar-refractivity contribution is 6.13. The van der Waals surface area contributed by atoms with Gasteiger partial charge in [0.15, 0.2) is 5.78 Å². The second kappa shape index (κ2) is 6.85. The number of nitrogens with zero attached hydrogens (tertiary/aromatic N) is 2. The van der Waals surface area contributed by atoms with E-state index in [-0.39, 0.29) is 5.78 Å². The van der Waals surface area contributed by atoms with Gasteiger partial charge in [-0.2, -0.15) is 5.10 Å². The van der Waals surface area contributed by atoms with Crippen LogP contribution in [0.25, 0.3) is 6.08 Å². The monoisotopic (exact) mass is 268 g/mol. The molecule has 1 aliphatic carbocycles. The number of benzene rings is 1. The Kier molecular flexibility index (Phi) is 4.88. The van der Waals surface area contributed by atoms with Crippen LogP contribution in [0, 0.1) is 0 Å². The van der Waals surface area contributed by atoms with Gasteiger partial charge in [-0.05, 0) is 37.0 Å². The third kappa shape index (κ3) is 3.92. The summed E-state index contributed by atoms with van der Waals surface area (Å²) < 4.78 is 0. The average molecular weight is 268 g/mol. The van der Waals surface area contributed by atoms with Gasteiger partial charge in [0.1, 0.15) is 0 Å². The molecule has 0 radical (unpaired) electrons. The smallest absolute Gasteiger partial charge is 0.185 e. The highest BCUT2D eigenvalue weighted by Gasteiger charge is 2.19. The number of hydrogen-bond acceptors (Lipinski definition) is 3. The molecule has 0 amide bonds. The van der Waals surface area contributed by atoms with Gasteiger partial charge in [-0.1, -0.05) is 30.3 Å². The van der Waals surface area contributed by atoms with Crippen LogP contribution in [0.3, 0.4) is 0 Å². The molecule has 104 valence electrons. The summed E-state index contributed by atoms with van der Waals surface area (Å²) in [4.78, 5) is 12.4. The van der Waals surface area contributed by atoms with Crippen LogP contribution in [0.5, 0.6) is 0 Å². The molecule has 0 heterocycles. The fraction of sp³-hybridized carbons (Fsp3) is 0.294. The summed E-state index contributed by atoms with van der Waals surface area (Å²) in [6.45, 7) is 0. The number of hydrazone groups is 1. The van der Waals surface area contributed by atoms with Crippen LogP contribution in [0.4, 0.5) is 0 Å². The van der Waals surface area contributed by atoms with Crippen molar-refractivity contribution in [1.82, 2.24) is 5.01 Å². The van der Waals surface area contributed by atoms with Crippen LogP contribution in [-0.2, 0) is 4.79 Å². The summed E-state index contributed by atoms with van der Waals surface area (Å²) >= 11 is 0. The lowest BCUT2D eigenvalue weighted by molar-refractivity contribution is -0.112. The fourth-order valence-corrected chi connectivity index (χ4v) is 2.21. The summed E-state index contributed by atoms with van der Waals surface area (Å²) in [6.07, 6.45) is 8.24. The highest BCUT2D eigenvalue weighted by atomic mass is 16.1. The molecule has 3 nitrogen and oxygen atoms in total. The first-order chi connectivity index (χ1) is 9.66. The van der Waals surface area contributed by atoms with Crippen molar-refractivity contribution in [2.45, 2.75) is 19.3 Å². The van der Waals surface area contributed by atoms with Gasteiger partial charge in [-0.3, -0.25) is 4.79 Å². The summed E-state index contributed by atoms with van der Waals surface area (Å²) in [5.41, 5.74) is 2.83. The standard InChI is InChI=1S/C17H20N2O/c1-19(2)18-12-11-15-9-6-10-16(17(15)20)13-14-7-4-3-5-8-14/h3-5,7-8,11-13H,6,9-10H2,1-2H3/b15-11-,16-13-,18-12+. The molecule has 0 unspecified atom stereocenters. The van der Waals surface area contributed by atoms with Crippen LogP contribution < -0.4 is 0 Å². The molecular formula is C17H20N2O. The quantitative estimate of drug-likeness (QED) is 0.478. The second-order valence-corrected chi connectivity index (χ2v) is 5.07. The van der Waals surface area contributed by atoms with E-state index < -0.39 is 0 Å². The van der Waals surface area contributed by atoms with Crippen molar-refractivity contribution in [3.05, 3.63) is 53.1 Å². The summed E-state index contributed by atoms with van der Waals surface area (Å²) in [6, 6.07) is 9.99. The molecule has 3 heteroatoms. The molecule has 0 saturated heterocycles. The second-order valence-electron chi connectivity index (χ2n) is 5.07. The van der Waals surface area contributed by atoms with Gasteiger partial charge in [0.2, 0.25) is 0 Å². The molecule has 1 aliphatic rings. The maximum atomic E-state index is 12.4. The van der Waals surface area contributed by atoms with E-state index >= 15 is 0 Å². The van der Waals surface area contributed by atoms with E-state index in [0.717, 1.165) is 36.0 Å². The van der Waals surface area contributed by atoms with Gasteiger partial charge in [0, 0.05) is 31.5 Å². The molecule has 20 heavy (non-hydrogen) atoms. The molecule has 2 rings (SSSR count). The minimum Gasteiger partial charge on any atom is -0.303 e. The minimum absolute atomic E-state index is 0.158. The van der Waals surface area contributed by atoms with Crippen molar-refractivity contribution in [1.29, 1.82) is 0 Å². The number of ketones is 1. The fourth-order valence-electron chi connectivity index (χ4n) is 2.21. The van der Waals surface area contributed by atoms with Crippen LogP contribution >= 0.6 is 0 Å². The summed E-state index contributed by atoms with van der Waals surface area (Å²) in [7, 11) is 3.72. The van der Waals surface area contributed by atoms with Crippen molar-refractivity contribution in [3.8, 4) is 0 Å². The lowest BCUT2D eigenvalue weighted by atomic mass is 9.88. The Balaban J connectivity index is 2.17. The van der Waals surface area contributed by atoms with Crippen molar-refractivity contribution >= 4 is 18.1 Å². The number of allylic oxidation sites excluding steroid dienone is 3. The maximum absolute atomic E-state index is 12.4. The predicted octanol–water partition coefficient (Wildman–Crippen LogP) is 3.30. The van der Waals surface area contributed by atoms with Crippen LogP contribution in [0.2, 0.25) is 0 Å². The summed E-state index contributed by atoms with van der Waals surface area (Å²) in [5.74, 6) is 0.158. The first kappa shape index (κ1) is 14.3. The van der Waals surface area contributed by atoms with Crippen molar-refractivity contribution < 1.29 is 4.79 Å². The van der Waals surface area contributed by atoms with Gasteiger partial charge in [0.05, 0.1) is 0 Å². The van der Waals surface area contributed by atoms with Crippen LogP contribution in [0.1, 0.15) is 24.8 Å². The Bertz CT molecular complexity index is 554. The zero-order valence-electron chi connectivity index (χ0n) is 12.0.